The summed E-state index contributed by atoms with van der Waals surface area (Å²) in [6.07, 6.45) is 3.84. The molecule has 0 atom stereocenters. The summed E-state index contributed by atoms with van der Waals surface area (Å²) in [6, 6.07) is 10.1. The fourth-order valence-corrected chi connectivity index (χ4v) is 1.01. The van der Waals surface area contributed by atoms with E-state index in [9.17, 15) is 4.79 Å². The Labute approximate surface area is 74.1 Å². The molecule has 0 saturated carbocycles. The highest BCUT2D eigenvalue weighted by atomic mass is 16.1. The third kappa shape index (κ3) is 3.15. The summed E-state index contributed by atoms with van der Waals surface area (Å²) in [4.78, 5) is 10.1. The summed E-state index contributed by atoms with van der Waals surface area (Å²) in [5.74, 6) is 0. The van der Waals surface area contributed by atoms with Crippen LogP contribution in [-0.4, -0.2) is 6.29 Å². The van der Waals surface area contributed by atoms with Gasteiger partial charge in [-0.25, -0.2) is 0 Å². The predicted molar refractivity (Wildman–Crippen MR) is 50.0 cm³/mol. The third-order valence-corrected chi connectivity index (χ3v) is 1.61. The van der Waals surface area contributed by atoms with Crippen molar-refractivity contribution in [1.82, 2.24) is 0 Å². The molecule has 0 N–H and O–H groups in total. The van der Waals surface area contributed by atoms with Gasteiger partial charge in [0.2, 0.25) is 0 Å². The van der Waals surface area contributed by atoms with Crippen molar-refractivity contribution in [1.29, 1.82) is 0 Å². The fraction of sp³-hybridized carbons (Fsp3) is 0.182. The smallest absolute Gasteiger partial charge is 0.142 e. The molecule has 0 aliphatic heterocycles. The van der Waals surface area contributed by atoms with Crippen molar-refractivity contribution < 1.29 is 6.17 Å². The zero-order valence-corrected chi connectivity index (χ0v) is 6.86. The van der Waals surface area contributed by atoms with Gasteiger partial charge in [-0.3, -0.25) is 4.79 Å². The van der Waals surface area contributed by atoms with Crippen LogP contribution in [0.2, 0.25) is 0 Å². The lowest BCUT2D eigenvalue weighted by atomic mass is 10.1. The molecule has 0 fully saturated rings. The van der Waals surface area contributed by atoms with E-state index in [1.54, 1.807) is 6.08 Å². The summed E-state index contributed by atoms with van der Waals surface area (Å²) < 4.78 is 7.08. The van der Waals surface area contributed by atoms with E-state index < -0.39 is 0 Å². The first-order chi connectivity index (χ1) is 6.33. The second-order valence-corrected chi connectivity index (χ2v) is 2.51. The number of hydrogen-bond acceptors (Lipinski definition) is 1. The molecule has 1 aromatic rings. The number of allylic oxidation sites excluding steroid dienone is 2. The van der Waals surface area contributed by atoms with Gasteiger partial charge >= 0.3 is 0 Å². The molecule has 0 aliphatic carbocycles. The Bertz CT molecular complexity index is 290. The Kier molecular flexibility index (Phi) is 3.22. The fourth-order valence-electron chi connectivity index (χ4n) is 1.01. The summed E-state index contributed by atoms with van der Waals surface area (Å²) in [6.45, 7) is 0. The zero-order valence-electron chi connectivity index (χ0n) is 7.86. The highest BCUT2D eigenvalue weighted by Crippen LogP contribution is 2.02. The van der Waals surface area contributed by atoms with E-state index >= 15 is 0 Å². The van der Waals surface area contributed by atoms with Crippen LogP contribution >= 0.6 is 0 Å². The maximum Gasteiger partial charge on any atom is 0.142 e. The van der Waals surface area contributed by atoms with Gasteiger partial charge in [0.25, 0.3) is 0 Å². The first-order valence-corrected chi connectivity index (χ1v) is 3.99. The highest BCUT2D eigenvalue weighted by molar-refractivity contribution is 5.64. The number of benzene rings is 1. The van der Waals surface area contributed by atoms with Crippen molar-refractivity contribution >= 4 is 6.29 Å². The molecule has 0 amide bonds. The molecule has 0 heterocycles. The Balaban J connectivity index is 2.40. The molecule has 1 heteroatoms. The van der Waals surface area contributed by atoms with Gasteiger partial charge in [-0.15, -0.1) is 0 Å². The largest absolute Gasteiger partial charge is 0.299 e. The molecule has 0 spiro atoms. The summed E-state index contributed by atoms with van der Waals surface area (Å²) in [5, 5.41) is 0. The third-order valence-electron chi connectivity index (χ3n) is 1.61. The minimum Gasteiger partial charge on any atom is -0.299 e. The minimum atomic E-state index is 0.0657. The van der Waals surface area contributed by atoms with Gasteiger partial charge in [0.05, 0.1) is 1.37 Å². The van der Waals surface area contributed by atoms with Gasteiger partial charge < -0.3 is 0 Å². The van der Waals surface area contributed by atoms with Crippen LogP contribution < -0.4 is 0 Å². The second kappa shape index (κ2) is 5.30. The Morgan fingerprint density at radius 2 is 2.08 bits per heavy atom. The molecule has 62 valence electrons. The number of hydrogen-bond donors (Lipinski definition) is 0. The van der Waals surface area contributed by atoms with E-state index in [2.05, 4.69) is 0 Å². The van der Waals surface area contributed by atoms with Crippen LogP contribution in [0.4, 0.5) is 0 Å². The summed E-state index contributed by atoms with van der Waals surface area (Å²) in [7, 11) is 0. The van der Waals surface area contributed by atoms with Crippen molar-refractivity contribution in [3.05, 3.63) is 48.0 Å². The Hall–Kier alpha value is -1.37. The molecule has 1 rings (SSSR count). The molecule has 0 unspecified atom stereocenters. The van der Waals surface area contributed by atoms with Crippen molar-refractivity contribution in [2.75, 3.05) is 0 Å². The monoisotopic (exact) mass is 161 g/mol. The molecular weight excluding hydrogens is 148 g/mol. The van der Waals surface area contributed by atoms with Gasteiger partial charge in [0, 0.05) is 0 Å². The molecular formula is C11H12O. The van der Waals surface area contributed by atoms with Crippen LogP contribution in [-0.2, 0) is 11.2 Å². The SMILES string of the molecule is [2H]/C(C=O)=C\CCc1ccccc1. The number of aryl methyl sites for hydroxylation is 1. The maximum absolute atomic E-state index is 10.1. The lowest BCUT2D eigenvalue weighted by molar-refractivity contribution is -0.104. The number of carbonyl (C=O) groups excluding carboxylic acids is 1. The first-order valence-electron chi connectivity index (χ1n) is 4.49. The van der Waals surface area contributed by atoms with Gasteiger partial charge in [-0.1, -0.05) is 36.4 Å². The van der Waals surface area contributed by atoms with Gasteiger partial charge in [0.15, 0.2) is 0 Å². The topological polar surface area (TPSA) is 17.1 Å². The molecule has 0 aromatic heterocycles. The standard InChI is InChI=1S/C11H12O/c12-10-6-2-5-9-11-7-3-1-4-8-11/h1-4,6-8,10H,5,9H2/b6-2+/i6D. The van der Waals surface area contributed by atoms with E-state index in [1.807, 2.05) is 30.3 Å². The van der Waals surface area contributed by atoms with E-state index in [-0.39, 0.29) is 6.05 Å². The van der Waals surface area contributed by atoms with Crippen molar-refractivity contribution in [3.63, 3.8) is 0 Å². The maximum atomic E-state index is 10.1. The average molecular weight is 161 g/mol. The van der Waals surface area contributed by atoms with Crippen LogP contribution in [0.3, 0.4) is 0 Å². The number of aldehydes is 1. The second-order valence-electron chi connectivity index (χ2n) is 2.51. The normalized spacial score (nSPS) is 12.3. The van der Waals surface area contributed by atoms with Crippen molar-refractivity contribution in [2.24, 2.45) is 0 Å². The zero-order chi connectivity index (χ0) is 9.52. The number of rotatable bonds is 4. The predicted octanol–water partition coefficient (Wildman–Crippen LogP) is 2.37. The van der Waals surface area contributed by atoms with Crippen LogP contribution in [0.5, 0.6) is 0 Å². The lowest BCUT2D eigenvalue weighted by Crippen LogP contribution is -1.80. The van der Waals surface area contributed by atoms with E-state index in [4.69, 9.17) is 1.37 Å². The molecule has 0 bridgehead atoms. The molecule has 0 radical (unpaired) electrons. The van der Waals surface area contributed by atoms with Crippen LogP contribution in [0.25, 0.3) is 0 Å². The number of carbonyl (C=O) groups is 1. The van der Waals surface area contributed by atoms with Gasteiger partial charge in [-0.2, -0.15) is 0 Å². The molecule has 12 heavy (non-hydrogen) atoms. The molecule has 1 nitrogen and oxygen atoms in total. The quantitative estimate of drug-likeness (QED) is 0.489. The van der Waals surface area contributed by atoms with E-state index in [0.717, 1.165) is 12.8 Å². The van der Waals surface area contributed by atoms with Crippen LogP contribution in [0.15, 0.2) is 42.5 Å². The van der Waals surface area contributed by atoms with Crippen molar-refractivity contribution in [3.8, 4) is 0 Å². The molecule has 0 aliphatic rings. The Morgan fingerprint density at radius 3 is 2.75 bits per heavy atom. The van der Waals surface area contributed by atoms with Gasteiger partial charge in [0.1, 0.15) is 6.29 Å². The Morgan fingerprint density at radius 1 is 1.33 bits per heavy atom. The first kappa shape index (κ1) is 7.29. The summed E-state index contributed by atoms with van der Waals surface area (Å²) >= 11 is 0. The average Bonchev–Trinajstić information content (AvgIpc) is 2.19. The lowest BCUT2D eigenvalue weighted by Gasteiger charge is -1.95. The summed E-state index contributed by atoms with van der Waals surface area (Å²) in [5.41, 5.74) is 1.23. The van der Waals surface area contributed by atoms with E-state index in [1.165, 1.54) is 5.56 Å². The van der Waals surface area contributed by atoms with Crippen LogP contribution in [0, 0.1) is 0 Å². The van der Waals surface area contributed by atoms with Crippen LogP contribution in [0.1, 0.15) is 13.4 Å². The minimum absolute atomic E-state index is 0.0657. The molecule has 1 aromatic carbocycles. The highest BCUT2D eigenvalue weighted by Gasteiger charge is 1.86. The van der Waals surface area contributed by atoms with Gasteiger partial charge in [-0.05, 0) is 24.5 Å². The van der Waals surface area contributed by atoms with E-state index in [0.29, 0.717) is 6.29 Å². The molecule has 0 saturated heterocycles. The van der Waals surface area contributed by atoms with Crippen molar-refractivity contribution in [2.45, 2.75) is 12.8 Å².